The Bertz CT molecular complexity index is 941. The van der Waals surface area contributed by atoms with Crippen molar-refractivity contribution in [3.63, 3.8) is 0 Å². The van der Waals surface area contributed by atoms with Crippen LogP contribution in [0.1, 0.15) is 18.4 Å². The molecule has 1 atom stereocenters. The van der Waals surface area contributed by atoms with E-state index in [0.717, 1.165) is 55.0 Å². The molecule has 1 aliphatic rings. The van der Waals surface area contributed by atoms with Gasteiger partial charge in [0.15, 0.2) is 0 Å². The molecule has 1 aliphatic heterocycles. The van der Waals surface area contributed by atoms with Gasteiger partial charge in [-0.15, -0.1) is 0 Å². The van der Waals surface area contributed by atoms with Crippen LogP contribution in [-0.2, 0) is 11.3 Å². The van der Waals surface area contributed by atoms with Gasteiger partial charge >= 0.3 is 0 Å². The molecule has 0 spiro atoms. The van der Waals surface area contributed by atoms with Crippen molar-refractivity contribution >= 4 is 11.6 Å². The van der Waals surface area contributed by atoms with E-state index in [1.807, 2.05) is 30.5 Å². The Balaban J connectivity index is 1.70. The number of likely N-dealkylation sites (tertiary alicyclic amines) is 1. The summed E-state index contributed by atoms with van der Waals surface area (Å²) in [5.41, 5.74) is 3.67. The Morgan fingerprint density at radius 2 is 1.96 bits per heavy atom. The summed E-state index contributed by atoms with van der Waals surface area (Å²) in [5, 5.41) is 5.47. The minimum atomic E-state index is -0.263. The molecule has 3 aromatic rings. The number of hydrogen-bond donors (Lipinski definition) is 0. The molecular formula is C22H23ClFN3O. The molecule has 0 unspecified atom stereocenters. The van der Waals surface area contributed by atoms with E-state index in [1.54, 1.807) is 23.9 Å². The van der Waals surface area contributed by atoms with Crippen LogP contribution in [0.3, 0.4) is 0 Å². The summed E-state index contributed by atoms with van der Waals surface area (Å²) in [4.78, 5) is 2.39. The Labute approximate surface area is 169 Å². The zero-order valence-electron chi connectivity index (χ0n) is 15.8. The van der Waals surface area contributed by atoms with E-state index in [-0.39, 0.29) is 11.9 Å². The van der Waals surface area contributed by atoms with E-state index in [1.165, 1.54) is 12.1 Å². The van der Waals surface area contributed by atoms with E-state index in [9.17, 15) is 4.39 Å². The van der Waals surface area contributed by atoms with Crippen molar-refractivity contribution in [1.29, 1.82) is 0 Å². The van der Waals surface area contributed by atoms with Crippen LogP contribution >= 0.6 is 11.6 Å². The average molecular weight is 400 g/mol. The van der Waals surface area contributed by atoms with Crippen LogP contribution in [0.15, 0.2) is 54.7 Å². The first-order valence-electron chi connectivity index (χ1n) is 9.48. The van der Waals surface area contributed by atoms with Gasteiger partial charge in [-0.2, -0.15) is 5.10 Å². The number of benzene rings is 2. The summed E-state index contributed by atoms with van der Waals surface area (Å²) in [6.45, 7) is 2.70. The van der Waals surface area contributed by atoms with Crippen molar-refractivity contribution in [2.24, 2.45) is 0 Å². The summed E-state index contributed by atoms with van der Waals surface area (Å²) < 4.78 is 20.7. The molecule has 4 rings (SSSR count). The fourth-order valence-corrected chi connectivity index (χ4v) is 3.95. The van der Waals surface area contributed by atoms with E-state index in [2.05, 4.69) is 4.90 Å². The Hall–Kier alpha value is -2.21. The molecule has 0 N–H and O–H groups in total. The topological polar surface area (TPSA) is 30.3 Å². The number of ether oxygens (including phenoxy) is 1. The van der Waals surface area contributed by atoms with Gasteiger partial charge in [0.25, 0.3) is 0 Å². The highest BCUT2D eigenvalue weighted by Gasteiger charge is 2.22. The monoisotopic (exact) mass is 399 g/mol. The van der Waals surface area contributed by atoms with Crippen molar-refractivity contribution in [3.05, 3.63) is 71.1 Å². The lowest BCUT2D eigenvalue weighted by Crippen LogP contribution is -2.38. The summed E-state index contributed by atoms with van der Waals surface area (Å²) in [5.74, 6) is -0.263. The van der Waals surface area contributed by atoms with Crippen LogP contribution in [-0.4, -0.2) is 41.0 Å². The zero-order chi connectivity index (χ0) is 19.5. The lowest BCUT2D eigenvalue weighted by atomic mass is 10.0. The molecule has 6 heteroatoms. The summed E-state index contributed by atoms with van der Waals surface area (Å²) in [6, 6.07) is 14.1. The van der Waals surface area contributed by atoms with Crippen molar-refractivity contribution < 1.29 is 9.13 Å². The van der Waals surface area contributed by atoms with Gasteiger partial charge < -0.3 is 4.74 Å². The number of nitrogens with zero attached hydrogens (tertiary/aromatic N) is 3. The molecular weight excluding hydrogens is 377 g/mol. The number of methoxy groups -OCH3 is 1. The summed E-state index contributed by atoms with van der Waals surface area (Å²) in [7, 11) is 1.77. The molecule has 28 heavy (non-hydrogen) atoms. The maximum Gasteiger partial charge on any atom is 0.123 e. The third-order valence-corrected chi connectivity index (χ3v) is 5.53. The van der Waals surface area contributed by atoms with Crippen LogP contribution in [0.5, 0.6) is 0 Å². The minimum Gasteiger partial charge on any atom is -0.380 e. The van der Waals surface area contributed by atoms with E-state index >= 15 is 0 Å². The summed E-state index contributed by atoms with van der Waals surface area (Å²) in [6.07, 6.45) is 4.50. The second-order valence-corrected chi connectivity index (χ2v) is 7.55. The van der Waals surface area contributed by atoms with Gasteiger partial charge in [-0.3, -0.25) is 4.90 Å². The minimum absolute atomic E-state index is 0.263. The van der Waals surface area contributed by atoms with Gasteiger partial charge in [0.05, 0.1) is 22.5 Å². The highest BCUT2D eigenvalue weighted by molar-refractivity contribution is 6.33. The molecule has 0 radical (unpaired) electrons. The molecule has 0 aliphatic carbocycles. The van der Waals surface area contributed by atoms with Gasteiger partial charge in [-0.25, -0.2) is 9.07 Å². The van der Waals surface area contributed by atoms with Gasteiger partial charge in [-0.1, -0.05) is 29.8 Å². The SMILES string of the molecule is CO[C@H]1CCCN(Cc2cn(-c3ccc(F)cc3)nc2-c2ccccc2Cl)C1. The second-order valence-electron chi connectivity index (χ2n) is 7.14. The first-order valence-corrected chi connectivity index (χ1v) is 9.86. The fraction of sp³-hybridized carbons (Fsp3) is 0.318. The highest BCUT2D eigenvalue weighted by atomic mass is 35.5. The van der Waals surface area contributed by atoms with Crippen LogP contribution in [0.2, 0.25) is 5.02 Å². The Morgan fingerprint density at radius 1 is 1.18 bits per heavy atom. The Morgan fingerprint density at radius 3 is 2.71 bits per heavy atom. The van der Waals surface area contributed by atoms with E-state index in [0.29, 0.717) is 5.02 Å². The van der Waals surface area contributed by atoms with E-state index < -0.39 is 0 Å². The third kappa shape index (κ3) is 4.12. The average Bonchev–Trinajstić information content (AvgIpc) is 3.12. The molecule has 1 fully saturated rings. The van der Waals surface area contributed by atoms with Crippen molar-refractivity contribution in [2.45, 2.75) is 25.5 Å². The molecule has 1 saturated heterocycles. The van der Waals surface area contributed by atoms with Gasteiger partial charge in [-0.05, 0) is 49.7 Å². The molecule has 4 nitrogen and oxygen atoms in total. The zero-order valence-corrected chi connectivity index (χ0v) is 16.6. The molecule has 2 aromatic carbocycles. The van der Waals surface area contributed by atoms with Crippen molar-refractivity contribution in [1.82, 2.24) is 14.7 Å². The maximum absolute atomic E-state index is 13.3. The van der Waals surface area contributed by atoms with Gasteiger partial charge in [0.2, 0.25) is 0 Å². The van der Waals surface area contributed by atoms with Gasteiger partial charge in [0.1, 0.15) is 5.82 Å². The van der Waals surface area contributed by atoms with E-state index in [4.69, 9.17) is 21.4 Å². The van der Waals surface area contributed by atoms with Crippen LogP contribution in [0.4, 0.5) is 4.39 Å². The number of hydrogen-bond acceptors (Lipinski definition) is 3. The lowest BCUT2D eigenvalue weighted by Gasteiger charge is -2.31. The first-order chi connectivity index (χ1) is 13.6. The van der Waals surface area contributed by atoms with Crippen LogP contribution in [0.25, 0.3) is 16.9 Å². The number of aromatic nitrogens is 2. The number of halogens is 2. The largest absolute Gasteiger partial charge is 0.380 e. The molecule has 0 saturated carbocycles. The molecule has 146 valence electrons. The predicted octanol–water partition coefficient (Wildman–Crippen LogP) is 4.94. The van der Waals surface area contributed by atoms with Crippen molar-refractivity contribution in [3.8, 4) is 16.9 Å². The standard InChI is InChI=1S/C22H23ClFN3O/c1-28-19-5-4-12-26(15-19)13-16-14-27(18-10-8-17(24)9-11-18)25-22(16)20-6-2-3-7-21(20)23/h2-3,6-11,14,19H,4-5,12-13,15H2,1H3/t19-/m0/s1. The van der Waals surface area contributed by atoms with Gasteiger partial charge in [0, 0.05) is 37.5 Å². The predicted molar refractivity (Wildman–Crippen MR) is 109 cm³/mol. The maximum atomic E-state index is 13.3. The van der Waals surface area contributed by atoms with Crippen LogP contribution < -0.4 is 0 Å². The first kappa shape index (κ1) is 19.1. The normalized spacial score (nSPS) is 17.8. The number of rotatable bonds is 5. The fourth-order valence-electron chi connectivity index (χ4n) is 3.72. The highest BCUT2D eigenvalue weighted by Crippen LogP contribution is 2.31. The Kier molecular flexibility index (Phi) is 5.76. The smallest absolute Gasteiger partial charge is 0.123 e. The lowest BCUT2D eigenvalue weighted by molar-refractivity contribution is 0.0286. The number of piperidine rings is 1. The van der Waals surface area contributed by atoms with Crippen molar-refractivity contribution in [2.75, 3.05) is 20.2 Å². The molecule has 1 aromatic heterocycles. The molecule has 0 amide bonds. The van der Waals surface area contributed by atoms with Crippen LogP contribution in [0, 0.1) is 5.82 Å². The second kappa shape index (κ2) is 8.43. The third-order valence-electron chi connectivity index (χ3n) is 5.20. The quantitative estimate of drug-likeness (QED) is 0.608. The molecule has 0 bridgehead atoms. The summed E-state index contributed by atoms with van der Waals surface area (Å²) >= 11 is 6.46. The molecule has 2 heterocycles.